The monoisotopic (exact) mass is 902 g/mol. The van der Waals surface area contributed by atoms with Crippen LogP contribution < -0.4 is 15.9 Å². The Labute approximate surface area is 375 Å². The van der Waals surface area contributed by atoms with Crippen molar-refractivity contribution in [3.05, 3.63) is 90.6 Å². The maximum Gasteiger partial charge on any atom is 0.410 e. The van der Waals surface area contributed by atoms with Crippen LogP contribution in [0.1, 0.15) is 107 Å². The standard InChI is InChI=1S/C27H32N2O5S.C20H26N2O5S/c1-18(30)22-23(33-17-20-8-6-5-7-9-20)25(31)29(21-12-15-35-24(21)22)16-19-10-13-28(14-11-19)26(32)34-27(2,3)4;1-12(23)15-16(24)18(25)22(14-7-10-28-17(14)15)11-13-5-8-21(9-6-13)19(26)27-20(2,3)4/h5-9,12,15,19H,10-11,13-14,16-17H2,1-4H3;7,10,13,24H,5-6,8-9,11H2,1-4H3. The molecule has 6 heterocycles. The number of ether oxygens (including phenoxy) is 3. The van der Waals surface area contributed by atoms with Gasteiger partial charge in [0.2, 0.25) is 0 Å². The summed E-state index contributed by atoms with van der Waals surface area (Å²) < 4.78 is 21.6. The number of rotatable bonds is 9. The molecule has 14 nitrogen and oxygen atoms in total. The van der Waals surface area contributed by atoms with Crippen molar-refractivity contribution < 1.29 is 38.5 Å². The second kappa shape index (κ2) is 19.5. The Kier molecular flexibility index (Phi) is 14.6. The van der Waals surface area contributed by atoms with Gasteiger partial charge >= 0.3 is 12.2 Å². The minimum absolute atomic E-state index is 0.103. The number of pyridine rings is 2. The molecule has 2 amide bonds. The van der Waals surface area contributed by atoms with E-state index in [1.54, 1.807) is 18.9 Å². The number of amides is 2. The number of piperidine rings is 2. The minimum atomic E-state index is -0.536. The van der Waals surface area contributed by atoms with Crippen molar-refractivity contribution in [1.82, 2.24) is 18.9 Å². The molecule has 0 radical (unpaired) electrons. The van der Waals surface area contributed by atoms with Crippen molar-refractivity contribution in [2.75, 3.05) is 26.2 Å². The van der Waals surface area contributed by atoms with Gasteiger partial charge in [0, 0.05) is 39.3 Å². The number of aromatic hydroxyl groups is 1. The molecule has 2 aliphatic rings. The molecule has 63 heavy (non-hydrogen) atoms. The fourth-order valence-corrected chi connectivity index (χ4v) is 9.91. The van der Waals surface area contributed by atoms with Crippen molar-refractivity contribution in [2.24, 2.45) is 11.8 Å². The van der Waals surface area contributed by atoms with Gasteiger partial charge in [0.05, 0.1) is 31.6 Å². The second-order valence-electron chi connectivity index (χ2n) is 18.2. The van der Waals surface area contributed by atoms with Crippen molar-refractivity contribution in [3.8, 4) is 11.5 Å². The summed E-state index contributed by atoms with van der Waals surface area (Å²) in [5, 5.41) is 14.0. The molecular weight excluding hydrogens is 845 g/mol. The topological polar surface area (TPSA) is 167 Å². The van der Waals surface area contributed by atoms with Crippen molar-refractivity contribution >= 4 is 66.9 Å². The predicted octanol–water partition coefficient (Wildman–Crippen LogP) is 9.11. The van der Waals surface area contributed by atoms with Gasteiger partial charge in [-0.25, -0.2) is 9.59 Å². The summed E-state index contributed by atoms with van der Waals surface area (Å²) in [6, 6.07) is 13.3. The molecule has 2 saturated heterocycles. The SMILES string of the molecule is CC(=O)c1c(O)c(=O)n(CC2CCN(C(=O)OC(C)(C)C)CC2)c2ccsc12.CC(=O)c1c(OCc2ccccc2)c(=O)n(CC2CCN(C(=O)OC(C)(C)C)CC2)c2ccsc12. The fourth-order valence-electron chi connectivity index (χ4n) is 7.94. The van der Waals surface area contributed by atoms with Crippen molar-refractivity contribution in [1.29, 1.82) is 0 Å². The highest BCUT2D eigenvalue weighted by Crippen LogP contribution is 2.33. The summed E-state index contributed by atoms with van der Waals surface area (Å²) in [6.45, 7) is 17.4. The smallest absolute Gasteiger partial charge is 0.410 e. The van der Waals surface area contributed by atoms with Crippen LogP contribution in [0.5, 0.6) is 11.5 Å². The van der Waals surface area contributed by atoms with E-state index in [9.17, 15) is 33.9 Å². The van der Waals surface area contributed by atoms with Crippen molar-refractivity contribution in [2.45, 2.75) is 112 Å². The number of aromatic nitrogens is 2. The Morgan fingerprint density at radius 1 is 0.651 bits per heavy atom. The number of benzene rings is 1. The third-order valence-corrected chi connectivity index (χ3v) is 12.9. The number of thiophene rings is 2. The Morgan fingerprint density at radius 3 is 1.51 bits per heavy atom. The molecule has 4 aromatic heterocycles. The minimum Gasteiger partial charge on any atom is -0.502 e. The average molecular weight is 903 g/mol. The van der Waals surface area contributed by atoms with E-state index < -0.39 is 22.5 Å². The average Bonchev–Trinajstić information content (AvgIpc) is 3.90. The number of Topliss-reactive ketones (excluding diaryl/α,β-unsaturated/α-hetero) is 2. The van der Waals surface area contributed by atoms with Gasteiger partial charge in [-0.15, -0.1) is 22.7 Å². The number of hydrogen-bond donors (Lipinski definition) is 1. The first-order chi connectivity index (χ1) is 29.7. The number of ketones is 2. The third-order valence-electron chi connectivity index (χ3n) is 11.0. The highest BCUT2D eigenvalue weighted by atomic mass is 32.1. The molecule has 7 rings (SSSR count). The first kappa shape index (κ1) is 47.0. The molecular formula is C47H58N4O10S2. The molecule has 16 heteroatoms. The molecule has 0 aliphatic carbocycles. The van der Waals surface area contributed by atoms with Gasteiger partial charge < -0.3 is 38.3 Å². The van der Waals surface area contributed by atoms with Gasteiger partial charge in [0.15, 0.2) is 23.1 Å². The molecule has 0 atom stereocenters. The molecule has 338 valence electrons. The van der Waals surface area contributed by atoms with Crippen molar-refractivity contribution in [3.63, 3.8) is 0 Å². The van der Waals surface area contributed by atoms with Gasteiger partial charge in [-0.2, -0.15) is 0 Å². The van der Waals surface area contributed by atoms with E-state index >= 15 is 0 Å². The van der Waals surface area contributed by atoms with Crippen LogP contribution in [0.4, 0.5) is 9.59 Å². The molecule has 0 spiro atoms. The van der Waals surface area contributed by atoms with Gasteiger partial charge in [-0.05, 0) is 121 Å². The number of fused-ring (bicyclic) bond motifs is 2. The molecule has 1 aromatic carbocycles. The molecule has 2 fully saturated rings. The van der Waals surface area contributed by atoms with Gasteiger partial charge in [-0.3, -0.25) is 19.2 Å². The lowest BCUT2D eigenvalue weighted by atomic mass is 9.96. The molecule has 0 saturated carbocycles. The molecule has 2 aliphatic heterocycles. The summed E-state index contributed by atoms with van der Waals surface area (Å²) in [6.07, 6.45) is 2.42. The number of carbonyl (C=O) groups is 4. The largest absolute Gasteiger partial charge is 0.502 e. The predicted molar refractivity (Wildman–Crippen MR) is 246 cm³/mol. The number of carbonyl (C=O) groups excluding carboxylic acids is 4. The molecule has 0 bridgehead atoms. The summed E-state index contributed by atoms with van der Waals surface area (Å²) in [5.74, 6) is -0.451. The van der Waals surface area contributed by atoms with Crippen LogP contribution >= 0.6 is 22.7 Å². The Bertz CT molecular complexity index is 2580. The Balaban J connectivity index is 0.000000215. The van der Waals surface area contributed by atoms with Gasteiger partial charge in [0.25, 0.3) is 11.1 Å². The maximum atomic E-state index is 13.6. The fraction of sp³-hybridized carbons (Fsp3) is 0.489. The third kappa shape index (κ3) is 11.4. The maximum absolute atomic E-state index is 13.6. The zero-order valence-electron chi connectivity index (χ0n) is 37.4. The summed E-state index contributed by atoms with van der Waals surface area (Å²) >= 11 is 2.78. The van der Waals surface area contributed by atoms with Crippen LogP contribution in [-0.4, -0.2) is 85.2 Å². The molecule has 5 aromatic rings. The van der Waals surface area contributed by atoms with Gasteiger partial charge in [-0.1, -0.05) is 30.3 Å². The second-order valence-corrected chi connectivity index (χ2v) is 20.1. The quantitative estimate of drug-likeness (QED) is 0.141. The summed E-state index contributed by atoms with van der Waals surface area (Å²) in [5.41, 5.74) is 0.936. The lowest BCUT2D eigenvalue weighted by molar-refractivity contribution is 0.0168. The van der Waals surface area contributed by atoms with E-state index in [1.807, 2.05) is 94.8 Å². The van der Waals surface area contributed by atoms with Crippen LogP contribution in [0.25, 0.3) is 20.4 Å². The zero-order chi connectivity index (χ0) is 45.8. The van der Waals surface area contributed by atoms with E-state index in [0.29, 0.717) is 55.0 Å². The number of likely N-dealkylation sites (tertiary alicyclic amines) is 2. The lowest BCUT2D eigenvalue weighted by Gasteiger charge is -2.33. The van der Waals surface area contributed by atoms with E-state index in [-0.39, 0.29) is 59.1 Å². The van der Waals surface area contributed by atoms with Crippen LogP contribution in [0.3, 0.4) is 0 Å². The first-order valence-electron chi connectivity index (χ1n) is 21.3. The van der Waals surface area contributed by atoms with Crippen LogP contribution in [0.2, 0.25) is 0 Å². The summed E-state index contributed by atoms with van der Waals surface area (Å²) in [7, 11) is 0. The Hall–Kier alpha value is -5.48. The normalized spacial score (nSPS) is 15.2. The lowest BCUT2D eigenvalue weighted by Crippen LogP contribution is -2.42. The van der Waals surface area contributed by atoms with Gasteiger partial charge in [0.1, 0.15) is 17.8 Å². The highest BCUT2D eigenvalue weighted by molar-refractivity contribution is 7.18. The Morgan fingerprint density at radius 2 is 1.08 bits per heavy atom. The van der Waals surface area contributed by atoms with Crippen LogP contribution in [0, 0.1) is 11.8 Å². The van der Waals surface area contributed by atoms with E-state index in [1.165, 1.54) is 36.5 Å². The zero-order valence-corrected chi connectivity index (χ0v) is 39.0. The number of nitrogens with zero attached hydrogens (tertiary/aromatic N) is 4. The van der Waals surface area contributed by atoms with Crippen LogP contribution in [-0.2, 0) is 29.2 Å². The molecule has 1 N–H and O–H groups in total. The van der Waals surface area contributed by atoms with E-state index in [2.05, 4.69) is 0 Å². The van der Waals surface area contributed by atoms with E-state index in [0.717, 1.165) is 41.5 Å². The van der Waals surface area contributed by atoms with E-state index in [4.69, 9.17) is 14.2 Å². The van der Waals surface area contributed by atoms with Crippen LogP contribution in [0.15, 0.2) is 62.8 Å². The first-order valence-corrected chi connectivity index (χ1v) is 23.1. The number of hydrogen-bond acceptors (Lipinski definition) is 12. The summed E-state index contributed by atoms with van der Waals surface area (Å²) in [4.78, 5) is 78.8. The molecule has 0 unspecified atom stereocenters. The highest BCUT2D eigenvalue weighted by Gasteiger charge is 2.31.